The number of fused-ring (bicyclic) bond motifs is 1. The Balaban J connectivity index is 2.49. The highest BCUT2D eigenvalue weighted by molar-refractivity contribution is 9.10. The van der Waals surface area contributed by atoms with Gasteiger partial charge in [-0.1, -0.05) is 22.9 Å². The van der Waals surface area contributed by atoms with Gasteiger partial charge in [0.05, 0.1) is 0 Å². The number of hydrogen-bond donors (Lipinski definition) is 3. The van der Waals surface area contributed by atoms with E-state index in [0.29, 0.717) is 6.42 Å². The minimum absolute atomic E-state index is 0.337. The largest absolute Gasteiger partial charge is 0.480 e. The lowest BCUT2D eigenvalue weighted by Crippen LogP contribution is -2.32. The first kappa shape index (κ1) is 13.1. The molecule has 2 aromatic rings. The number of carboxylic acid groups (broad SMARTS) is 1. The number of halogens is 1. The lowest BCUT2D eigenvalue weighted by Gasteiger charge is -2.08. The fraction of sp³-hybridized carbons (Fsp3) is 0.308. The number of aromatic amines is 1. The Morgan fingerprint density at radius 3 is 2.83 bits per heavy atom. The van der Waals surface area contributed by atoms with Crippen LogP contribution in [0.2, 0.25) is 0 Å². The quantitative estimate of drug-likeness (QED) is 0.811. The van der Waals surface area contributed by atoms with E-state index < -0.39 is 12.0 Å². The van der Waals surface area contributed by atoms with Gasteiger partial charge >= 0.3 is 5.97 Å². The monoisotopic (exact) mass is 310 g/mol. The molecule has 0 fully saturated rings. The minimum Gasteiger partial charge on any atom is -0.480 e. The molecule has 0 amide bonds. The summed E-state index contributed by atoms with van der Waals surface area (Å²) in [6.45, 7) is 2.08. The van der Waals surface area contributed by atoms with Crippen LogP contribution in [0.3, 0.4) is 0 Å². The maximum atomic E-state index is 10.8. The molecule has 0 bridgehead atoms. The molecule has 0 unspecified atom stereocenters. The number of aryl methyl sites for hydroxylation is 1. The summed E-state index contributed by atoms with van der Waals surface area (Å²) in [6.07, 6.45) is 3.08. The van der Waals surface area contributed by atoms with Crippen molar-refractivity contribution in [1.82, 2.24) is 4.98 Å². The SMILES string of the molecule is CCc1cc(Br)cc2[nH]cc(C[C@H](N)C(=O)O)c12. The predicted octanol–water partition coefficient (Wildman–Crippen LogP) is 2.45. The molecular formula is C13H15BrN2O2. The second kappa shape index (κ2) is 5.12. The lowest BCUT2D eigenvalue weighted by molar-refractivity contribution is -0.138. The molecule has 96 valence electrons. The van der Waals surface area contributed by atoms with E-state index in [9.17, 15) is 4.79 Å². The van der Waals surface area contributed by atoms with E-state index in [4.69, 9.17) is 10.8 Å². The van der Waals surface area contributed by atoms with Crippen molar-refractivity contribution in [1.29, 1.82) is 0 Å². The second-order valence-corrected chi connectivity index (χ2v) is 5.22. The van der Waals surface area contributed by atoms with Crippen molar-refractivity contribution in [3.8, 4) is 0 Å². The normalized spacial score (nSPS) is 12.8. The van der Waals surface area contributed by atoms with Gasteiger partial charge in [-0.05, 0) is 29.7 Å². The Bertz CT molecular complexity index is 592. The van der Waals surface area contributed by atoms with Gasteiger partial charge in [0.1, 0.15) is 6.04 Å². The van der Waals surface area contributed by atoms with Crippen molar-refractivity contribution in [2.75, 3.05) is 0 Å². The number of H-pyrrole nitrogens is 1. The number of nitrogens with one attached hydrogen (secondary N) is 1. The van der Waals surface area contributed by atoms with Crippen LogP contribution in [-0.2, 0) is 17.6 Å². The van der Waals surface area contributed by atoms with Crippen LogP contribution >= 0.6 is 15.9 Å². The summed E-state index contributed by atoms with van der Waals surface area (Å²) >= 11 is 3.47. The molecule has 1 atom stereocenters. The summed E-state index contributed by atoms with van der Waals surface area (Å²) < 4.78 is 1.02. The highest BCUT2D eigenvalue weighted by atomic mass is 79.9. The Labute approximate surface area is 113 Å². The number of carbonyl (C=O) groups is 1. The number of nitrogens with two attached hydrogens (primary N) is 1. The summed E-state index contributed by atoms with van der Waals surface area (Å²) in [5.41, 5.74) is 8.76. The van der Waals surface area contributed by atoms with Gasteiger partial charge in [0.25, 0.3) is 0 Å². The Kier molecular flexibility index (Phi) is 3.73. The van der Waals surface area contributed by atoms with Gasteiger partial charge in [0, 0.05) is 28.0 Å². The molecule has 5 heteroatoms. The lowest BCUT2D eigenvalue weighted by atomic mass is 10.00. The highest BCUT2D eigenvalue weighted by Gasteiger charge is 2.16. The first-order valence-electron chi connectivity index (χ1n) is 5.79. The maximum absolute atomic E-state index is 10.8. The van der Waals surface area contributed by atoms with E-state index in [1.54, 1.807) is 0 Å². The van der Waals surface area contributed by atoms with Crippen molar-refractivity contribution >= 4 is 32.8 Å². The molecule has 0 aliphatic heterocycles. The maximum Gasteiger partial charge on any atom is 0.320 e. The van der Waals surface area contributed by atoms with Gasteiger partial charge in [-0.3, -0.25) is 4.79 Å². The number of aromatic nitrogens is 1. The first-order valence-corrected chi connectivity index (χ1v) is 6.59. The third-order valence-corrected chi connectivity index (χ3v) is 3.50. The zero-order chi connectivity index (χ0) is 13.3. The van der Waals surface area contributed by atoms with Gasteiger partial charge in [-0.2, -0.15) is 0 Å². The molecule has 0 saturated carbocycles. The van der Waals surface area contributed by atoms with Crippen molar-refractivity contribution in [3.63, 3.8) is 0 Å². The fourth-order valence-electron chi connectivity index (χ4n) is 2.16. The molecule has 2 rings (SSSR count). The van der Waals surface area contributed by atoms with Crippen LogP contribution in [0, 0.1) is 0 Å². The minimum atomic E-state index is -0.973. The van der Waals surface area contributed by atoms with Gasteiger partial charge in [-0.15, -0.1) is 0 Å². The second-order valence-electron chi connectivity index (χ2n) is 4.30. The van der Waals surface area contributed by atoms with E-state index in [1.165, 1.54) is 5.56 Å². The molecule has 0 aliphatic carbocycles. The van der Waals surface area contributed by atoms with Crippen molar-refractivity contribution in [2.24, 2.45) is 5.73 Å². The third-order valence-electron chi connectivity index (χ3n) is 3.05. The van der Waals surface area contributed by atoms with Crippen LogP contribution in [0.1, 0.15) is 18.1 Å². The molecule has 4 N–H and O–H groups in total. The average molecular weight is 311 g/mol. The zero-order valence-corrected chi connectivity index (χ0v) is 11.6. The van der Waals surface area contributed by atoms with Gasteiger partial charge in [-0.25, -0.2) is 0 Å². The summed E-state index contributed by atoms with van der Waals surface area (Å²) in [7, 11) is 0. The zero-order valence-electron chi connectivity index (χ0n) is 10.0. The average Bonchev–Trinajstić information content (AvgIpc) is 2.71. The van der Waals surface area contributed by atoms with E-state index in [2.05, 4.69) is 33.9 Å². The highest BCUT2D eigenvalue weighted by Crippen LogP contribution is 2.28. The number of hydrogen-bond acceptors (Lipinski definition) is 2. The molecule has 0 radical (unpaired) electrons. The first-order chi connectivity index (χ1) is 8.52. The predicted molar refractivity (Wildman–Crippen MR) is 74.7 cm³/mol. The number of aliphatic carboxylic acids is 1. The van der Waals surface area contributed by atoms with Crippen molar-refractivity contribution < 1.29 is 9.90 Å². The molecule has 18 heavy (non-hydrogen) atoms. The van der Waals surface area contributed by atoms with Crippen LogP contribution < -0.4 is 5.73 Å². The van der Waals surface area contributed by atoms with Crippen LogP contribution in [0.4, 0.5) is 0 Å². The fourth-order valence-corrected chi connectivity index (χ4v) is 2.66. The Morgan fingerprint density at radius 2 is 2.22 bits per heavy atom. The van der Waals surface area contributed by atoms with E-state index >= 15 is 0 Å². The summed E-state index contributed by atoms with van der Waals surface area (Å²) in [5.74, 6) is -0.973. The van der Waals surface area contributed by atoms with E-state index in [1.807, 2.05) is 12.3 Å². The molecule has 1 aromatic heterocycles. The Morgan fingerprint density at radius 1 is 1.50 bits per heavy atom. The van der Waals surface area contributed by atoms with Crippen molar-refractivity contribution in [2.45, 2.75) is 25.8 Å². The molecular weight excluding hydrogens is 296 g/mol. The van der Waals surface area contributed by atoms with Crippen LogP contribution in [0.5, 0.6) is 0 Å². The molecule has 4 nitrogen and oxygen atoms in total. The summed E-state index contributed by atoms with van der Waals surface area (Å²) in [5, 5.41) is 9.98. The number of benzene rings is 1. The third kappa shape index (κ3) is 2.42. The van der Waals surface area contributed by atoms with E-state index in [-0.39, 0.29) is 0 Å². The number of carboxylic acids is 1. The summed E-state index contributed by atoms with van der Waals surface area (Å²) in [4.78, 5) is 14.0. The molecule has 1 heterocycles. The van der Waals surface area contributed by atoms with Crippen LogP contribution in [-0.4, -0.2) is 22.1 Å². The van der Waals surface area contributed by atoms with Gasteiger partial charge in [0.2, 0.25) is 0 Å². The van der Waals surface area contributed by atoms with Gasteiger partial charge in [0.15, 0.2) is 0 Å². The standard InChI is InChI=1S/C13H15BrN2O2/c1-2-7-3-9(14)5-11-12(7)8(6-16-11)4-10(15)13(17)18/h3,5-6,10,16H,2,4,15H2,1H3,(H,17,18)/t10-/m0/s1. The van der Waals surface area contributed by atoms with Crippen molar-refractivity contribution in [3.05, 3.63) is 33.9 Å². The van der Waals surface area contributed by atoms with Gasteiger partial charge < -0.3 is 15.8 Å². The van der Waals surface area contributed by atoms with Crippen LogP contribution in [0.25, 0.3) is 10.9 Å². The molecule has 0 saturated heterocycles. The Hall–Kier alpha value is -1.33. The molecule has 0 spiro atoms. The smallest absolute Gasteiger partial charge is 0.320 e. The molecule has 0 aliphatic rings. The number of rotatable bonds is 4. The molecule has 1 aromatic carbocycles. The summed E-state index contributed by atoms with van der Waals surface area (Å²) in [6, 6.07) is 3.19. The topological polar surface area (TPSA) is 79.1 Å². The van der Waals surface area contributed by atoms with Crippen LogP contribution in [0.15, 0.2) is 22.8 Å². The van der Waals surface area contributed by atoms with E-state index in [0.717, 1.165) is 27.4 Å².